The van der Waals surface area contributed by atoms with Crippen molar-refractivity contribution in [2.75, 3.05) is 0 Å². The predicted molar refractivity (Wildman–Crippen MR) is 85.9 cm³/mol. The minimum atomic E-state index is -0.822. The minimum absolute atomic E-state index is 0.0432. The molecule has 0 saturated heterocycles. The Labute approximate surface area is 135 Å². The van der Waals surface area contributed by atoms with E-state index in [0.29, 0.717) is 10.2 Å². The Morgan fingerprint density at radius 2 is 2.09 bits per heavy atom. The summed E-state index contributed by atoms with van der Waals surface area (Å²) in [6, 6.07) is 10.2. The zero-order valence-electron chi connectivity index (χ0n) is 12.1. The predicted octanol–water partition coefficient (Wildman–Crippen LogP) is 2.38. The van der Waals surface area contributed by atoms with Crippen molar-refractivity contribution in [2.45, 2.75) is 19.1 Å². The number of hydrogen-bond acceptors (Lipinski definition) is 7. The Morgan fingerprint density at radius 3 is 2.87 bits per heavy atom. The third-order valence-electron chi connectivity index (χ3n) is 3.22. The van der Waals surface area contributed by atoms with Crippen LogP contribution in [0.4, 0.5) is 0 Å². The van der Waals surface area contributed by atoms with Gasteiger partial charge in [-0.15, -0.1) is 11.3 Å². The molecule has 0 spiro atoms. The maximum Gasteiger partial charge on any atom is 0.347 e. The molecule has 1 aromatic carbocycles. The van der Waals surface area contributed by atoms with Crippen LogP contribution in [0.1, 0.15) is 23.9 Å². The van der Waals surface area contributed by atoms with Gasteiger partial charge in [0.05, 0.1) is 17.8 Å². The van der Waals surface area contributed by atoms with Gasteiger partial charge < -0.3 is 14.9 Å². The van der Waals surface area contributed by atoms with Crippen molar-refractivity contribution in [2.24, 2.45) is 5.73 Å². The largest absolute Gasteiger partial charge is 0.461 e. The number of nitrogens with two attached hydrogens (primary N) is 1. The van der Waals surface area contributed by atoms with E-state index in [0.717, 1.165) is 5.56 Å². The van der Waals surface area contributed by atoms with Crippen LogP contribution in [-0.2, 0) is 16.1 Å². The van der Waals surface area contributed by atoms with Crippen molar-refractivity contribution < 1.29 is 13.9 Å². The average Bonchev–Trinajstić information content (AvgIpc) is 3.03. The summed E-state index contributed by atoms with van der Waals surface area (Å²) < 4.78 is 10.2. The lowest BCUT2D eigenvalue weighted by Crippen LogP contribution is -2.20. The quantitative estimate of drug-likeness (QED) is 0.722. The van der Waals surface area contributed by atoms with Crippen LogP contribution in [0.3, 0.4) is 0 Å². The first-order chi connectivity index (χ1) is 11.1. The molecule has 0 fully saturated rings. The molecule has 2 aromatic heterocycles. The van der Waals surface area contributed by atoms with Crippen molar-refractivity contribution >= 4 is 27.5 Å². The maximum absolute atomic E-state index is 11.9. The fraction of sp³-hybridized carbons (Fsp3) is 0.188. The van der Waals surface area contributed by atoms with E-state index in [1.165, 1.54) is 11.3 Å². The second-order valence-corrected chi connectivity index (χ2v) is 5.83. The van der Waals surface area contributed by atoms with E-state index < -0.39 is 17.6 Å². The van der Waals surface area contributed by atoms with Crippen molar-refractivity contribution in [1.29, 1.82) is 0 Å². The highest BCUT2D eigenvalue weighted by Crippen LogP contribution is 2.19. The van der Waals surface area contributed by atoms with Gasteiger partial charge in [0.25, 0.3) is 0 Å². The van der Waals surface area contributed by atoms with Crippen LogP contribution in [0, 0.1) is 0 Å². The number of nitrogens with zero attached hydrogens (tertiary/aromatic N) is 1. The van der Waals surface area contributed by atoms with E-state index in [-0.39, 0.29) is 18.9 Å². The van der Waals surface area contributed by atoms with Gasteiger partial charge in [0.15, 0.2) is 0 Å². The van der Waals surface area contributed by atoms with Gasteiger partial charge in [-0.2, -0.15) is 0 Å². The van der Waals surface area contributed by atoms with Crippen molar-refractivity contribution in [3.8, 4) is 0 Å². The van der Waals surface area contributed by atoms with E-state index in [1.54, 1.807) is 11.4 Å². The molecule has 1 unspecified atom stereocenters. The number of benzene rings is 1. The number of fused-ring (bicyclic) bond motifs is 1. The fourth-order valence-electron chi connectivity index (χ4n) is 2.04. The fourth-order valence-corrected chi connectivity index (χ4v) is 2.79. The highest BCUT2D eigenvalue weighted by atomic mass is 32.1. The molecule has 0 amide bonds. The molecule has 118 valence electrons. The van der Waals surface area contributed by atoms with Crippen LogP contribution >= 0.6 is 11.3 Å². The van der Waals surface area contributed by atoms with Crippen LogP contribution < -0.4 is 11.4 Å². The first kappa shape index (κ1) is 15.4. The van der Waals surface area contributed by atoms with Crippen LogP contribution in [0.5, 0.6) is 0 Å². The first-order valence-corrected chi connectivity index (χ1v) is 7.85. The van der Waals surface area contributed by atoms with Crippen LogP contribution in [0.25, 0.3) is 10.2 Å². The second kappa shape index (κ2) is 6.72. The molecule has 2 heterocycles. The van der Waals surface area contributed by atoms with Gasteiger partial charge in [-0.05, 0) is 17.0 Å². The lowest BCUT2D eigenvalue weighted by atomic mass is 10.2. The van der Waals surface area contributed by atoms with Gasteiger partial charge in [0, 0.05) is 0 Å². The summed E-state index contributed by atoms with van der Waals surface area (Å²) in [6.45, 7) is 0.174. The molecule has 0 aliphatic rings. The van der Waals surface area contributed by atoms with Gasteiger partial charge in [-0.3, -0.25) is 4.79 Å². The Balaban J connectivity index is 1.64. The van der Waals surface area contributed by atoms with Crippen LogP contribution in [0.2, 0.25) is 0 Å². The summed E-state index contributed by atoms with van der Waals surface area (Å²) in [4.78, 5) is 28.4. The number of esters is 1. The zero-order valence-corrected chi connectivity index (χ0v) is 12.9. The molecule has 3 rings (SSSR count). The average molecular weight is 330 g/mol. The van der Waals surface area contributed by atoms with Gasteiger partial charge in [0.1, 0.15) is 11.4 Å². The summed E-state index contributed by atoms with van der Waals surface area (Å²) in [7, 11) is 0. The molecule has 2 N–H and O–H groups in total. The molecular weight excluding hydrogens is 316 g/mol. The van der Waals surface area contributed by atoms with Crippen molar-refractivity contribution in [3.05, 3.63) is 63.7 Å². The highest BCUT2D eigenvalue weighted by molar-refractivity contribution is 7.16. The molecule has 0 aliphatic carbocycles. The van der Waals surface area contributed by atoms with E-state index in [9.17, 15) is 9.59 Å². The lowest BCUT2D eigenvalue weighted by molar-refractivity contribution is -0.145. The number of hydrogen-bond donors (Lipinski definition) is 1. The molecule has 23 heavy (non-hydrogen) atoms. The second-order valence-electron chi connectivity index (χ2n) is 4.94. The summed E-state index contributed by atoms with van der Waals surface area (Å²) >= 11 is 1.32. The zero-order chi connectivity index (χ0) is 16.2. The summed E-state index contributed by atoms with van der Waals surface area (Å²) in [6.07, 6.45) is -0.111. The number of rotatable bonds is 5. The summed E-state index contributed by atoms with van der Waals surface area (Å²) in [5, 5.41) is 2.16. The number of ether oxygens (including phenoxy) is 1. The molecule has 0 aliphatic heterocycles. The molecule has 0 saturated carbocycles. The Bertz CT molecular complexity index is 872. The van der Waals surface area contributed by atoms with Gasteiger partial charge in [-0.1, -0.05) is 30.3 Å². The van der Waals surface area contributed by atoms with Crippen LogP contribution in [-0.4, -0.2) is 11.0 Å². The first-order valence-electron chi connectivity index (χ1n) is 6.97. The van der Waals surface area contributed by atoms with E-state index in [4.69, 9.17) is 14.9 Å². The Hall–Kier alpha value is -2.51. The number of carbonyl (C=O) groups is 1. The molecule has 0 bridgehead atoms. The SMILES string of the molecule is NC(CC(=O)OCc1ccccc1)c1nc2sccc2c(=O)o1. The lowest BCUT2D eigenvalue weighted by Gasteiger charge is -2.09. The third kappa shape index (κ3) is 3.64. The van der Waals surface area contributed by atoms with Gasteiger partial charge >= 0.3 is 11.6 Å². The topological polar surface area (TPSA) is 95.4 Å². The summed E-state index contributed by atoms with van der Waals surface area (Å²) in [5.74, 6) is -0.432. The molecule has 7 heteroatoms. The van der Waals surface area contributed by atoms with Crippen molar-refractivity contribution in [1.82, 2.24) is 4.98 Å². The van der Waals surface area contributed by atoms with E-state index in [1.807, 2.05) is 30.3 Å². The molecule has 6 nitrogen and oxygen atoms in total. The van der Waals surface area contributed by atoms with Crippen LogP contribution in [0.15, 0.2) is 51.0 Å². The Kier molecular flexibility index (Phi) is 4.50. The van der Waals surface area contributed by atoms with Crippen molar-refractivity contribution in [3.63, 3.8) is 0 Å². The molecule has 1 atom stereocenters. The van der Waals surface area contributed by atoms with E-state index in [2.05, 4.69) is 4.98 Å². The minimum Gasteiger partial charge on any atom is -0.461 e. The van der Waals surface area contributed by atoms with Gasteiger partial charge in [-0.25, -0.2) is 9.78 Å². The monoisotopic (exact) mass is 330 g/mol. The number of thiophene rings is 1. The molecule has 0 radical (unpaired) electrons. The van der Waals surface area contributed by atoms with Gasteiger partial charge in [0.2, 0.25) is 5.89 Å². The highest BCUT2D eigenvalue weighted by Gasteiger charge is 2.19. The normalized spacial score (nSPS) is 12.2. The maximum atomic E-state index is 11.9. The Morgan fingerprint density at radius 1 is 1.30 bits per heavy atom. The standard InChI is InChI=1S/C16H14N2O4S/c17-12(8-13(19)21-9-10-4-2-1-3-5-10)14-18-15-11(6-7-23-15)16(20)22-14/h1-7,12H,8-9,17H2. The third-order valence-corrected chi connectivity index (χ3v) is 4.03. The molecular formula is C16H14N2O4S. The smallest absolute Gasteiger partial charge is 0.347 e. The summed E-state index contributed by atoms with van der Waals surface area (Å²) in [5.41, 5.74) is 6.29. The number of carbonyl (C=O) groups excluding carboxylic acids is 1. The van der Waals surface area contributed by atoms with E-state index >= 15 is 0 Å². The molecule has 3 aromatic rings. The number of aromatic nitrogens is 1.